The van der Waals surface area contributed by atoms with Crippen LogP contribution < -0.4 is 5.73 Å². The van der Waals surface area contributed by atoms with E-state index in [1.54, 1.807) is 40.1 Å². The van der Waals surface area contributed by atoms with Gasteiger partial charge < -0.3 is 25.2 Å². The van der Waals surface area contributed by atoms with Crippen LogP contribution in [0, 0.1) is 5.92 Å². The normalized spacial score (nSPS) is 21.4. The standard InChI is InChI=1S/C35H41F6N5O5/c36-34(37,38)26-17-24(18-27(19-26)35(39,40)41)22-51-33(50)45-20-25(16-23-8-2-1-3-9-23)31(48)46-28(10-4-5-12-42)32(49)44(21-29(45)46)15-7-14-43-13-6-11-30(43)47/h1-3,8-9,17-19,25,28-29H,4-7,10-16,20-22,42H2/t25-,28+,29-/m1/s1. The highest BCUT2D eigenvalue weighted by Gasteiger charge is 2.52. The van der Waals surface area contributed by atoms with Crippen LogP contribution in [0.3, 0.4) is 0 Å². The zero-order chi connectivity index (χ0) is 36.9. The number of benzene rings is 2. The second kappa shape index (κ2) is 15.9. The number of nitrogens with two attached hydrogens (primary N) is 1. The molecule has 3 atom stereocenters. The van der Waals surface area contributed by atoms with Crippen molar-refractivity contribution in [2.24, 2.45) is 11.7 Å². The Morgan fingerprint density at radius 2 is 1.49 bits per heavy atom. The maximum Gasteiger partial charge on any atom is 0.416 e. The summed E-state index contributed by atoms with van der Waals surface area (Å²) in [5.41, 5.74) is 2.89. The van der Waals surface area contributed by atoms with Gasteiger partial charge in [0.15, 0.2) is 0 Å². The van der Waals surface area contributed by atoms with Gasteiger partial charge in [0.05, 0.1) is 23.6 Å². The van der Waals surface area contributed by atoms with E-state index in [1.165, 1.54) is 9.80 Å². The van der Waals surface area contributed by atoms with Crippen LogP contribution in [-0.4, -0.2) is 94.9 Å². The molecule has 5 rings (SSSR count). The Labute approximate surface area is 291 Å². The van der Waals surface area contributed by atoms with Gasteiger partial charge in [-0.2, -0.15) is 26.3 Å². The fraction of sp³-hybridized carbons (Fsp3) is 0.543. The molecule has 0 radical (unpaired) electrons. The lowest BCUT2D eigenvalue weighted by atomic mass is 9.90. The Balaban J connectivity index is 1.43. The molecule has 51 heavy (non-hydrogen) atoms. The van der Waals surface area contributed by atoms with E-state index in [4.69, 9.17) is 10.5 Å². The lowest BCUT2D eigenvalue weighted by Crippen LogP contribution is -2.73. The Bertz CT molecular complexity index is 1540. The minimum absolute atomic E-state index is 0.00825. The van der Waals surface area contributed by atoms with Crippen LogP contribution in [0.5, 0.6) is 0 Å². The molecule has 0 aliphatic carbocycles. The number of amides is 4. The van der Waals surface area contributed by atoms with Gasteiger partial charge in [-0.3, -0.25) is 19.3 Å². The van der Waals surface area contributed by atoms with Crippen molar-refractivity contribution in [3.05, 3.63) is 70.8 Å². The zero-order valence-electron chi connectivity index (χ0n) is 27.9. The third-order valence-corrected chi connectivity index (χ3v) is 9.55. The Kier molecular flexibility index (Phi) is 11.8. The molecular weight excluding hydrogens is 684 g/mol. The predicted molar refractivity (Wildman–Crippen MR) is 171 cm³/mol. The van der Waals surface area contributed by atoms with Crippen LogP contribution in [0.1, 0.15) is 60.8 Å². The molecule has 3 saturated heterocycles. The van der Waals surface area contributed by atoms with Crippen LogP contribution in [0.25, 0.3) is 0 Å². The van der Waals surface area contributed by atoms with Gasteiger partial charge in [0.25, 0.3) is 0 Å². The molecule has 0 aromatic heterocycles. The number of likely N-dealkylation sites (tertiary alicyclic amines) is 1. The minimum Gasteiger partial charge on any atom is -0.444 e. The number of carbonyl (C=O) groups excluding carboxylic acids is 4. The molecule has 3 aliphatic heterocycles. The van der Waals surface area contributed by atoms with Crippen LogP contribution in [0.15, 0.2) is 48.5 Å². The molecule has 3 fully saturated rings. The first kappa shape index (κ1) is 37.9. The van der Waals surface area contributed by atoms with Gasteiger partial charge in [-0.15, -0.1) is 0 Å². The first-order chi connectivity index (χ1) is 24.2. The SMILES string of the molecule is NCCCC[C@H]1C(=O)N(CCCN2CCCC2=O)C[C@@H]2N(C(=O)OCc3cc(C(F)(F)F)cc(C(F)(F)F)c3)C[C@@H](Cc3ccccc3)C(=O)N21. The summed E-state index contributed by atoms with van der Waals surface area (Å²) >= 11 is 0. The third-order valence-electron chi connectivity index (χ3n) is 9.55. The van der Waals surface area contributed by atoms with Crippen molar-refractivity contribution in [2.75, 3.05) is 39.3 Å². The molecule has 0 bridgehead atoms. The summed E-state index contributed by atoms with van der Waals surface area (Å²) in [7, 11) is 0. The molecule has 16 heteroatoms. The van der Waals surface area contributed by atoms with Crippen molar-refractivity contribution in [3.63, 3.8) is 0 Å². The molecule has 2 aromatic rings. The van der Waals surface area contributed by atoms with E-state index < -0.39 is 59.9 Å². The lowest BCUT2D eigenvalue weighted by molar-refractivity contribution is -0.173. The number of rotatable bonds is 12. The monoisotopic (exact) mass is 725 g/mol. The summed E-state index contributed by atoms with van der Waals surface area (Å²) in [6.45, 7) is 0.471. The molecule has 3 aliphatic rings. The fourth-order valence-corrected chi connectivity index (χ4v) is 7.03. The summed E-state index contributed by atoms with van der Waals surface area (Å²) in [6.07, 6.45) is -9.04. The maximum atomic E-state index is 14.2. The van der Waals surface area contributed by atoms with E-state index in [0.29, 0.717) is 57.5 Å². The first-order valence-electron chi connectivity index (χ1n) is 17.0. The highest BCUT2D eigenvalue weighted by atomic mass is 19.4. The van der Waals surface area contributed by atoms with Gasteiger partial charge in [-0.1, -0.05) is 30.3 Å². The summed E-state index contributed by atoms with van der Waals surface area (Å²) in [4.78, 5) is 60.1. The van der Waals surface area contributed by atoms with Gasteiger partial charge >= 0.3 is 18.4 Å². The van der Waals surface area contributed by atoms with E-state index in [1.807, 2.05) is 0 Å². The predicted octanol–water partition coefficient (Wildman–Crippen LogP) is 5.04. The number of carbonyl (C=O) groups is 4. The highest BCUT2D eigenvalue weighted by Crippen LogP contribution is 2.37. The van der Waals surface area contributed by atoms with Crippen LogP contribution in [0.2, 0.25) is 0 Å². The van der Waals surface area contributed by atoms with E-state index in [-0.39, 0.29) is 56.3 Å². The number of halogens is 6. The second-order valence-electron chi connectivity index (χ2n) is 13.2. The van der Waals surface area contributed by atoms with E-state index in [9.17, 15) is 45.5 Å². The van der Waals surface area contributed by atoms with Crippen molar-refractivity contribution < 1.29 is 50.3 Å². The number of hydrogen-bond donors (Lipinski definition) is 1. The lowest BCUT2D eigenvalue weighted by Gasteiger charge is -2.53. The average molecular weight is 726 g/mol. The summed E-state index contributed by atoms with van der Waals surface area (Å²) in [5, 5.41) is 0. The first-order valence-corrected chi connectivity index (χ1v) is 17.0. The summed E-state index contributed by atoms with van der Waals surface area (Å²) < 4.78 is 86.4. The molecule has 4 amide bonds. The number of unbranched alkanes of at least 4 members (excludes halogenated alkanes) is 1. The van der Waals surface area contributed by atoms with E-state index in [0.717, 1.165) is 12.0 Å². The smallest absolute Gasteiger partial charge is 0.416 e. The van der Waals surface area contributed by atoms with Crippen LogP contribution >= 0.6 is 0 Å². The topological polar surface area (TPSA) is 116 Å². The molecule has 2 aromatic carbocycles. The Hall–Kier alpha value is -4.34. The molecule has 2 N–H and O–H groups in total. The molecule has 0 unspecified atom stereocenters. The highest BCUT2D eigenvalue weighted by molar-refractivity contribution is 5.91. The quantitative estimate of drug-likeness (QED) is 0.242. The molecule has 10 nitrogen and oxygen atoms in total. The van der Waals surface area contributed by atoms with Crippen molar-refractivity contribution in [1.29, 1.82) is 0 Å². The second-order valence-corrected chi connectivity index (χ2v) is 13.2. The zero-order valence-corrected chi connectivity index (χ0v) is 27.9. The number of alkyl halides is 6. The van der Waals surface area contributed by atoms with Gasteiger partial charge in [0, 0.05) is 32.6 Å². The fourth-order valence-electron chi connectivity index (χ4n) is 7.03. The maximum absolute atomic E-state index is 14.2. The van der Waals surface area contributed by atoms with Gasteiger partial charge in [0.2, 0.25) is 17.7 Å². The van der Waals surface area contributed by atoms with Crippen molar-refractivity contribution in [3.8, 4) is 0 Å². The number of ether oxygens (including phenoxy) is 1. The van der Waals surface area contributed by atoms with Crippen LogP contribution in [-0.2, 0) is 44.5 Å². The van der Waals surface area contributed by atoms with Gasteiger partial charge in [-0.25, -0.2) is 4.79 Å². The third kappa shape index (κ3) is 9.13. The van der Waals surface area contributed by atoms with E-state index >= 15 is 0 Å². The number of nitrogens with zero attached hydrogens (tertiary/aromatic N) is 4. The number of piperazine rings is 1. The molecule has 3 heterocycles. The van der Waals surface area contributed by atoms with Gasteiger partial charge in [0.1, 0.15) is 18.8 Å². The minimum atomic E-state index is -5.09. The molecular formula is C35H41F6N5O5. The van der Waals surface area contributed by atoms with Crippen molar-refractivity contribution in [1.82, 2.24) is 19.6 Å². The van der Waals surface area contributed by atoms with E-state index in [2.05, 4.69) is 0 Å². The van der Waals surface area contributed by atoms with Crippen molar-refractivity contribution >= 4 is 23.8 Å². The summed E-state index contributed by atoms with van der Waals surface area (Å²) in [6, 6.07) is 9.01. The van der Waals surface area contributed by atoms with Gasteiger partial charge in [-0.05, 0) is 74.4 Å². The summed E-state index contributed by atoms with van der Waals surface area (Å²) in [5.74, 6) is -1.46. The van der Waals surface area contributed by atoms with Crippen molar-refractivity contribution in [2.45, 2.75) is 76.1 Å². The number of hydrogen-bond acceptors (Lipinski definition) is 6. The molecule has 278 valence electrons. The van der Waals surface area contributed by atoms with Crippen LogP contribution in [0.4, 0.5) is 31.1 Å². The largest absolute Gasteiger partial charge is 0.444 e. The molecule has 0 spiro atoms. The number of fused-ring (bicyclic) bond motifs is 1. The molecule has 0 saturated carbocycles. The Morgan fingerprint density at radius 3 is 2.10 bits per heavy atom. The average Bonchev–Trinajstić information content (AvgIpc) is 3.49. The Morgan fingerprint density at radius 1 is 0.824 bits per heavy atom.